The Morgan fingerprint density at radius 2 is 1.65 bits per heavy atom. The van der Waals surface area contributed by atoms with E-state index in [-0.39, 0.29) is 5.75 Å². The first-order valence-electron chi connectivity index (χ1n) is 8.14. The van der Waals surface area contributed by atoms with Crippen LogP contribution in [0, 0.1) is 0 Å². The highest BCUT2D eigenvalue weighted by Crippen LogP contribution is 2.45. The van der Waals surface area contributed by atoms with Gasteiger partial charge in [0.1, 0.15) is 24.2 Å². The summed E-state index contributed by atoms with van der Waals surface area (Å²) in [5, 5.41) is 20.1. The van der Waals surface area contributed by atoms with Crippen LogP contribution in [0.1, 0.15) is 31.1 Å². The number of phenolic OH excluding ortho intramolecular Hbond substituents is 1. The standard InChI is InChI=1S/C19H23NO3/c1-3-20(4-2)9-10-23-14-6-8-16-15-7-5-13(21)11-17(15)19(22)18(16)12-14/h5-8,11-12,19,21-22H,3-4,9-10H2,1-2H3. The molecule has 0 fully saturated rings. The number of nitrogens with zero attached hydrogens (tertiary/aromatic N) is 1. The van der Waals surface area contributed by atoms with Crippen LogP contribution < -0.4 is 4.74 Å². The zero-order valence-corrected chi connectivity index (χ0v) is 13.6. The van der Waals surface area contributed by atoms with Gasteiger partial charge in [0.15, 0.2) is 0 Å². The van der Waals surface area contributed by atoms with E-state index in [9.17, 15) is 10.2 Å². The fraction of sp³-hybridized carbons (Fsp3) is 0.368. The second-order valence-electron chi connectivity index (χ2n) is 5.80. The zero-order chi connectivity index (χ0) is 16.4. The van der Waals surface area contributed by atoms with E-state index >= 15 is 0 Å². The van der Waals surface area contributed by atoms with Gasteiger partial charge in [0.05, 0.1) is 0 Å². The first-order chi connectivity index (χ1) is 11.1. The Hall–Kier alpha value is -2.04. The molecular weight excluding hydrogens is 290 g/mol. The van der Waals surface area contributed by atoms with Gasteiger partial charge in [-0.15, -0.1) is 0 Å². The molecule has 0 saturated carbocycles. The lowest BCUT2D eigenvalue weighted by Crippen LogP contribution is -2.27. The number of likely N-dealkylation sites (N-methyl/N-ethyl adjacent to an activating group) is 1. The van der Waals surface area contributed by atoms with E-state index in [1.807, 2.05) is 24.3 Å². The predicted octanol–water partition coefficient (Wildman–Crippen LogP) is 3.17. The topological polar surface area (TPSA) is 52.9 Å². The minimum Gasteiger partial charge on any atom is -0.508 e. The summed E-state index contributed by atoms with van der Waals surface area (Å²) in [6, 6.07) is 10.9. The quantitative estimate of drug-likeness (QED) is 0.860. The second-order valence-corrected chi connectivity index (χ2v) is 5.80. The fourth-order valence-electron chi connectivity index (χ4n) is 3.12. The summed E-state index contributed by atoms with van der Waals surface area (Å²) in [4.78, 5) is 2.31. The van der Waals surface area contributed by atoms with E-state index in [2.05, 4.69) is 18.7 Å². The third kappa shape index (κ3) is 3.05. The Bertz CT molecular complexity index is 695. The van der Waals surface area contributed by atoms with Crippen molar-refractivity contribution in [3.63, 3.8) is 0 Å². The summed E-state index contributed by atoms with van der Waals surface area (Å²) in [5.74, 6) is 0.943. The maximum Gasteiger partial charge on any atom is 0.119 e. The highest BCUT2D eigenvalue weighted by atomic mass is 16.5. The van der Waals surface area contributed by atoms with Crippen LogP contribution >= 0.6 is 0 Å². The molecule has 0 spiro atoms. The largest absolute Gasteiger partial charge is 0.508 e. The Kier molecular flexibility index (Phi) is 4.55. The van der Waals surface area contributed by atoms with E-state index in [0.29, 0.717) is 6.61 Å². The van der Waals surface area contributed by atoms with Gasteiger partial charge in [-0.3, -0.25) is 0 Å². The van der Waals surface area contributed by atoms with Crippen molar-refractivity contribution in [2.24, 2.45) is 0 Å². The van der Waals surface area contributed by atoms with E-state index in [1.54, 1.807) is 12.1 Å². The van der Waals surface area contributed by atoms with Gasteiger partial charge in [0.2, 0.25) is 0 Å². The van der Waals surface area contributed by atoms with Gasteiger partial charge in [-0.25, -0.2) is 0 Å². The minimum absolute atomic E-state index is 0.173. The van der Waals surface area contributed by atoms with Crippen LogP contribution in [0.15, 0.2) is 36.4 Å². The third-order valence-corrected chi connectivity index (χ3v) is 4.51. The van der Waals surface area contributed by atoms with Crippen LogP contribution in [0.25, 0.3) is 11.1 Å². The molecule has 2 aromatic carbocycles. The van der Waals surface area contributed by atoms with Crippen molar-refractivity contribution in [1.29, 1.82) is 0 Å². The number of ether oxygens (including phenoxy) is 1. The highest BCUT2D eigenvalue weighted by molar-refractivity contribution is 5.79. The molecule has 0 saturated heterocycles. The Balaban J connectivity index is 1.76. The SMILES string of the molecule is CCN(CC)CCOc1ccc2c(c1)C(O)c1cc(O)ccc1-2. The number of hydrogen-bond acceptors (Lipinski definition) is 4. The van der Waals surface area contributed by atoms with Gasteiger partial charge in [-0.2, -0.15) is 0 Å². The van der Waals surface area contributed by atoms with Gasteiger partial charge in [0.25, 0.3) is 0 Å². The molecule has 1 aliphatic carbocycles. The molecule has 2 aromatic rings. The number of phenols is 1. The minimum atomic E-state index is -0.710. The molecule has 23 heavy (non-hydrogen) atoms. The average Bonchev–Trinajstić information content (AvgIpc) is 2.84. The highest BCUT2D eigenvalue weighted by Gasteiger charge is 2.27. The number of hydrogen-bond donors (Lipinski definition) is 2. The van der Waals surface area contributed by atoms with Crippen LogP contribution in [0.5, 0.6) is 11.5 Å². The van der Waals surface area contributed by atoms with Gasteiger partial charge in [-0.1, -0.05) is 26.0 Å². The van der Waals surface area contributed by atoms with Crippen molar-refractivity contribution in [3.8, 4) is 22.6 Å². The Morgan fingerprint density at radius 1 is 1.00 bits per heavy atom. The smallest absolute Gasteiger partial charge is 0.119 e. The first-order valence-corrected chi connectivity index (χ1v) is 8.14. The van der Waals surface area contributed by atoms with Crippen molar-refractivity contribution in [3.05, 3.63) is 47.5 Å². The van der Waals surface area contributed by atoms with Gasteiger partial charge >= 0.3 is 0 Å². The molecule has 1 unspecified atom stereocenters. The summed E-state index contributed by atoms with van der Waals surface area (Å²) in [5.41, 5.74) is 3.56. The molecule has 0 aliphatic heterocycles. The summed E-state index contributed by atoms with van der Waals surface area (Å²) >= 11 is 0. The summed E-state index contributed by atoms with van der Waals surface area (Å²) < 4.78 is 5.83. The van der Waals surface area contributed by atoms with Gasteiger partial charge in [0, 0.05) is 6.54 Å². The molecule has 4 heteroatoms. The van der Waals surface area contributed by atoms with Gasteiger partial charge in [-0.05, 0) is 59.6 Å². The van der Waals surface area contributed by atoms with Gasteiger partial charge < -0.3 is 19.8 Å². The van der Waals surface area contributed by atoms with E-state index in [1.165, 1.54) is 0 Å². The second kappa shape index (κ2) is 6.60. The lowest BCUT2D eigenvalue weighted by molar-refractivity contribution is 0.217. The molecule has 0 heterocycles. The molecule has 4 nitrogen and oxygen atoms in total. The Labute approximate surface area is 136 Å². The number of benzene rings is 2. The van der Waals surface area contributed by atoms with E-state index in [0.717, 1.165) is 47.6 Å². The summed E-state index contributed by atoms with van der Waals surface area (Å²) in [7, 11) is 0. The number of aromatic hydroxyl groups is 1. The lowest BCUT2D eigenvalue weighted by Gasteiger charge is -2.18. The predicted molar refractivity (Wildman–Crippen MR) is 90.9 cm³/mol. The van der Waals surface area contributed by atoms with Crippen LogP contribution in [0.3, 0.4) is 0 Å². The molecule has 0 aromatic heterocycles. The monoisotopic (exact) mass is 313 g/mol. The normalized spacial score (nSPS) is 15.6. The molecule has 2 N–H and O–H groups in total. The number of rotatable bonds is 6. The number of aliphatic hydroxyl groups excluding tert-OH is 1. The third-order valence-electron chi connectivity index (χ3n) is 4.51. The number of aliphatic hydroxyl groups is 1. The maximum atomic E-state index is 10.5. The number of fused-ring (bicyclic) bond motifs is 3. The molecule has 0 bridgehead atoms. The van der Waals surface area contributed by atoms with Crippen molar-refractivity contribution < 1.29 is 14.9 Å². The summed E-state index contributed by atoms with van der Waals surface area (Å²) in [6.45, 7) is 7.83. The lowest BCUT2D eigenvalue weighted by atomic mass is 10.1. The molecule has 0 radical (unpaired) electrons. The maximum absolute atomic E-state index is 10.5. The average molecular weight is 313 g/mol. The molecule has 1 atom stereocenters. The molecular formula is C19H23NO3. The van der Waals surface area contributed by atoms with Crippen molar-refractivity contribution in [2.45, 2.75) is 20.0 Å². The zero-order valence-electron chi connectivity index (χ0n) is 13.6. The molecule has 3 rings (SSSR count). The van der Waals surface area contributed by atoms with Crippen molar-refractivity contribution >= 4 is 0 Å². The first kappa shape index (κ1) is 15.8. The molecule has 1 aliphatic rings. The summed E-state index contributed by atoms with van der Waals surface area (Å²) in [6.07, 6.45) is -0.710. The van der Waals surface area contributed by atoms with E-state index < -0.39 is 6.10 Å². The van der Waals surface area contributed by atoms with E-state index in [4.69, 9.17) is 4.74 Å². The Morgan fingerprint density at radius 3 is 2.35 bits per heavy atom. The van der Waals surface area contributed by atoms with Crippen LogP contribution in [-0.2, 0) is 0 Å². The molecule has 0 amide bonds. The molecule has 122 valence electrons. The van der Waals surface area contributed by atoms with Crippen LogP contribution in [0.2, 0.25) is 0 Å². The van der Waals surface area contributed by atoms with Crippen LogP contribution in [0.4, 0.5) is 0 Å². The van der Waals surface area contributed by atoms with Crippen LogP contribution in [-0.4, -0.2) is 41.4 Å². The fourth-order valence-corrected chi connectivity index (χ4v) is 3.12. The van der Waals surface area contributed by atoms with Crippen molar-refractivity contribution in [1.82, 2.24) is 4.90 Å². The van der Waals surface area contributed by atoms with Crippen molar-refractivity contribution in [2.75, 3.05) is 26.2 Å².